The largest absolute Gasteiger partial charge is 0.387 e. The topological polar surface area (TPSA) is 62.2 Å². The minimum absolute atomic E-state index is 0.0314. The first-order valence-corrected chi connectivity index (χ1v) is 7.54. The number of carbonyl (C=O) groups excluding carboxylic acids is 1. The van der Waals surface area contributed by atoms with Gasteiger partial charge in [0.1, 0.15) is 5.69 Å². The molecular weight excluding hydrogens is 379 g/mol. The van der Waals surface area contributed by atoms with Crippen molar-refractivity contribution in [2.75, 3.05) is 6.54 Å². The van der Waals surface area contributed by atoms with Gasteiger partial charge in [-0.05, 0) is 35.9 Å². The summed E-state index contributed by atoms with van der Waals surface area (Å²) in [5.74, 6) is -0.372. The number of benzene rings is 1. The van der Waals surface area contributed by atoms with Gasteiger partial charge in [-0.25, -0.2) is 0 Å². The highest BCUT2D eigenvalue weighted by molar-refractivity contribution is 9.10. The average Bonchev–Trinajstić information content (AvgIpc) is 2.43. The Kier molecular flexibility index (Phi) is 5.58. The summed E-state index contributed by atoms with van der Waals surface area (Å²) in [5.41, 5.74) is 0.802. The van der Waals surface area contributed by atoms with E-state index in [1.54, 1.807) is 30.3 Å². The highest BCUT2D eigenvalue weighted by Crippen LogP contribution is 2.23. The fourth-order valence-corrected chi connectivity index (χ4v) is 2.57. The molecule has 7 heteroatoms. The van der Waals surface area contributed by atoms with Crippen LogP contribution >= 0.6 is 39.1 Å². The third-order valence-electron chi connectivity index (χ3n) is 2.68. The Morgan fingerprint density at radius 1 is 1.29 bits per heavy atom. The third-order valence-corrected chi connectivity index (χ3v) is 3.61. The Balaban J connectivity index is 2.00. The Bertz CT molecular complexity index is 647. The van der Waals surface area contributed by atoms with Gasteiger partial charge < -0.3 is 10.4 Å². The molecule has 1 amide bonds. The molecule has 0 bridgehead atoms. The Morgan fingerprint density at radius 2 is 1.95 bits per heavy atom. The van der Waals surface area contributed by atoms with Crippen LogP contribution in [0.4, 0.5) is 0 Å². The minimum Gasteiger partial charge on any atom is -0.387 e. The zero-order valence-electron chi connectivity index (χ0n) is 10.7. The van der Waals surface area contributed by atoms with E-state index in [0.717, 1.165) is 4.47 Å². The third kappa shape index (κ3) is 4.68. The van der Waals surface area contributed by atoms with Gasteiger partial charge in [-0.3, -0.25) is 9.78 Å². The maximum Gasteiger partial charge on any atom is 0.270 e. The zero-order valence-corrected chi connectivity index (χ0v) is 13.8. The van der Waals surface area contributed by atoms with Gasteiger partial charge in [-0.1, -0.05) is 39.1 Å². The lowest BCUT2D eigenvalue weighted by Gasteiger charge is -2.13. The molecule has 0 saturated carbocycles. The minimum atomic E-state index is -0.905. The standard InChI is InChI=1S/C14H11BrCl2N2O2/c15-9-1-2-18-12(5-9)14(21)19-7-13(20)8-3-10(16)6-11(17)4-8/h1-6,13,20H,7H2,(H,19,21)/t13-/m1/s1. The number of rotatable bonds is 4. The van der Waals surface area contributed by atoms with Crippen molar-refractivity contribution in [2.45, 2.75) is 6.10 Å². The lowest BCUT2D eigenvalue weighted by atomic mass is 10.1. The zero-order chi connectivity index (χ0) is 15.4. The van der Waals surface area contributed by atoms with E-state index in [9.17, 15) is 9.90 Å². The van der Waals surface area contributed by atoms with Crippen molar-refractivity contribution in [1.29, 1.82) is 0 Å². The number of aliphatic hydroxyl groups is 1. The van der Waals surface area contributed by atoms with Crippen LogP contribution in [0.25, 0.3) is 0 Å². The van der Waals surface area contributed by atoms with E-state index in [1.807, 2.05) is 0 Å². The van der Waals surface area contributed by atoms with Crippen molar-refractivity contribution in [3.8, 4) is 0 Å². The maximum atomic E-state index is 11.9. The molecule has 21 heavy (non-hydrogen) atoms. The summed E-state index contributed by atoms with van der Waals surface area (Å²) in [5, 5.41) is 13.5. The molecule has 0 fully saturated rings. The number of amides is 1. The summed E-state index contributed by atoms with van der Waals surface area (Å²) in [6.07, 6.45) is 0.615. The summed E-state index contributed by atoms with van der Waals surface area (Å²) >= 11 is 15.0. The van der Waals surface area contributed by atoms with Crippen molar-refractivity contribution in [1.82, 2.24) is 10.3 Å². The van der Waals surface area contributed by atoms with Crippen LogP contribution in [0.5, 0.6) is 0 Å². The van der Waals surface area contributed by atoms with Crippen molar-refractivity contribution >= 4 is 45.0 Å². The molecule has 2 rings (SSSR count). The van der Waals surface area contributed by atoms with Gasteiger partial charge in [0.2, 0.25) is 0 Å². The Morgan fingerprint density at radius 3 is 2.57 bits per heavy atom. The molecule has 1 aromatic heterocycles. The van der Waals surface area contributed by atoms with Crippen molar-refractivity contribution in [2.24, 2.45) is 0 Å². The highest BCUT2D eigenvalue weighted by atomic mass is 79.9. The lowest BCUT2D eigenvalue weighted by Crippen LogP contribution is -2.29. The van der Waals surface area contributed by atoms with E-state index in [2.05, 4.69) is 26.2 Å². The first-order chi connectivity index (χ1) is 9.95. The van der Waals surface area contributed by atoms with E-state index in [-0.39, 0.29) is 18.1 Å². The fraction of sp³-hybridized carbons (Fsp3) is 0.143. The fourth-order valence-electron chi connectivity index (χ4n) is 1.69. The molecule has 1 aromatic carbocycles. The van der Waals surface area contributed by atoms with Crippen LogP contribution in [0.3, 0.4) is 0 Å². The summed E-state index contributed by atoms with van der Waals surface area (Å²) in [6, 6.07) is 8.09. The van der Waals surface area contributed by atoms with Crippen molar-refractivity contribution < 1.29 is 9.90 Å². The predicted octanol–water partition coefficient (Wildman–Crippen LogP) is 3.61. The van der Waals surface area contributed by atoms with Crippen LogP contribution in [0, 0.1) is 0 Å². The first-order valence-electron chi connectivity index (χ1n) is 5.99. The second-order valence-electron chi connectivity index (χ2n) is 4.29. The summed E-state index contributed by atoms with van der Waals surface area (Å²) in [4.78, 5) is 15.9. The van der Waals surface area contributed by atoms with E-state index in [0.29, 0.717) is 15.6 Å². The first kappa shape index (κ1) is 16.2. The summed E-state index contributed by atoms with van der Waals surface area (Å²) in [7, 11) is 0. The number of halogens is 3. The van der Waals surface area contributed by atoms with Gasteiger partial charge in [0.25, 0.3) is 5.91 Å². The molecule has 0 aliphatic carbocycles. The van der Waals surface area contributed by atoms with Crippen LogP contribution < -0.4 is 5.32 Å². The number of carbonyl (C=O) groups is 1. The van der Waals surface area contributed by atoms with Crippen molar-refractivity contribution in [3.05, 3.63) is 62.3 Å². The molecule has 0 saturated heterocycles. The molecule has 0 unspecified atom stereocenters. The second-order valence-corrected chi connectivity index (χ2v) is 6.08. The van der Waals surface area contributed by atoms with Crippen LogP contribution in [-0.2, 0) is 0 Å². The van der Waals surface area contributed by atoms with Crippen LogP contribution in [0.1, 0.15) is 22.2 Å². The Labute approximate surface area is 140 Å². The van der Waals surface area contributed by atoms with Crippen LogP contribution in [0.15, 0.2) is 41.0 Å². The van der Waals surface area contributed by atoms with Gasteiger partial charge in [0.15, 0.2) is 0 Å². The molecule has 1 atom stereocenters. The Hall–Kier alpha value is -1.14. The molecule has 0 aliphatic rings. The maximum absolute atomic E-state index is 11.9. The highest BCUT2D eigenvalue weighted by Gasteiger charge is 2.13. The van der Waals surface area contributed by atoms with Crippen LogP contribution in [0.2, 0.25) is 10.0 Å². The number of nitrogens with zero attached hydrogens (tertiary/aromatic N) is 1. The second kappa shape index (κ2) is 7.22. The number of aliphatic hydroxyl groups excluding tert-OH is 1. The summed E-state index contributed by atoms with van der Waals surface area (Å²) < 4.78 is 0.754. The molecule has 110 valence electrons. The van der Waals surface area contributed by atoms with Crippen molar-refractivity contribution in [3.63, 3.8) is 0 Å². The van der Waals surface area contributed by atoms with Gasteiger partial charge in [0, 0.05) is 27.3 Å². The molecule has 0 aliphatic heterocycles. The van der Waals surface area contributed by atoms with E-state index in [1.165, 1.54) is 6.20 Å². The average molecular weight is 390 g/mol. The van der Waals surface area contributed by atoms with Gasteiger partial charge in [0.05, 0.1) is 6.10 Å². The monoisotopic (exact) mass is 388 g/mol. The smallest absolute Gasteiger partial charge is 0.270 e. The molecular formula is C14H11BrCl2N2O2. The van der Waals surface area contributed by atoms with E-state index in [4.69, 9.17) is 23.2 Å². The summed E-state index contributed by atoms with van der Waals surface area (Å²) in [6.45, 7) is 0.0314. The number of aromatic nitrogens is 1. The van der Waals surface area contributed by atoms with Gasteiger partial charge in [-0.2, -0.15) is 0 Å². The van der Waals surface area contributed by atoms with Gasteiger partial charge in [-0.15, -0.1) is 0 Å². The van der Waals surface area contributed by atoms with Gasteiger partial charge >= 0.3 is 0 Å². The molecule has 4 nitrogen and oxygen atoms in total. The van der Waals surface area contributed by atoms with E-state index >= 15 is 0 Å². The van der Waals surface area contributed by atoms with E-state index < -0.39 is 6.10 Å². The van der Waals surface area contributed by atoms with Crippen LogP contribution in [-0.4, -0.2) is 22.5 Å². The predicted molar refractivity (Wildman–Crippen MR) is 85.7 cm³/mol. The molecule has 0 spiro atoms. The lowest BCUT2D eigenvalue weighted by molar-refractivity contribution is 0.0911. The number of nitrogens with one attached hydrogen (secondary N) is 1. The molecule has 1 heterocycles. The normalized spacial score (nSPS) is 12.0. The quantitative estimate of drug-likeness (QED) is 0.839. The SMILES string of the molecule is O=C(NC[C@@H](O)c1cc(Cl)cc(Cl)c1)c1cc(Br)ccn1. The molecule has 2 aromatic rings. The number of hydrogen-bond donors (Lipinski definition) is 2. The number of hydrogen-bond acceptors (Lipinski definition) is 3. The number of pyridine rings is 1. The molecule has 2 N–H and O–H groups in total. The molecule has 0 radical (unpaired) electrons.